The van der Waals surface area contributed by atoms with Gasteiger partial charge >= 0.3 is 0 Å². The summed E-state index contributed by atoms with van der Waals surface area (Å²) >= 11 is 0. The van der Waals surface area contributed by atoms with Gasteiger partial charge in [0.05, 0.1) is 66.9 Å². The topological polar surface area (TPSA) is 103 Å². The van der Waals surface area contributed by atoms with Gasteiger partial charge in [0.15, 0.2) is 0 Å². The van der Waals surface area contributed by atoms with Crippen molar-refractivity contribution in [3.63, 3.8) is 0 Å². The highest BCUT2D eigenvalue weighted by Crippen LogP contribution is 2.44. The van der Waals surface area contributed by atoms with E-state index < -0.39 is 0 Å². The standard InChI is InChI=1S/C54H32N4.C52H30N4/c1-2-10-43-41(8-1)42-9-3-4-11-44(42)48-30-39(19-23-45(43)48)51-26-22-38-29-36(21-25-50(38)57-51)37-18-17-35-20-24-49(58-52(35)32-37)34-15-13-33(14-16-34)47-31-40-7-5-27-55-53(40)54-46(47)12-6-28-56-54;1-5-34-16-17-35-6-2-9-41-44(28-39(7-1)49(34)50(35)41)47-24-21-38-27-36(20-23-46(38)55-47)37-18-15-33-19-22-45(56-48(33)30-37)32-13-11-31(12-14-32)43-29-40-8-3-25-53-51(40)52-42(43)10-4-26-54-52/h1-32H;1-30H. The Balaban J connectivity index is 0.000000135. The maximum atomic E-state index is 5.22. The fourth-order valence-corrected chi connectivity index (χ4v) is 17.5. The Morgan fingerprint density at radius 3 is 1.05 bits per heavy atom. The summed E-state index contributed by atoms with van der Waals surface area (Å²) in [6, 6.07) is 126. The van der Waals surface area contributed by atoms with Crippen molar-refractivity contribution in [1.82, 2.24) is 39.9 Å². The molecular weight excluding hydrogens is 1390 g/mol. The largest absolute Gasteiger partial charge is 0.254 e. The third-order valence-corrected chi connectivity index (χ3v) is 23.2. The van der Waals surface area contributed by atoms with Crippen LogP contribution >= 0.6 is 0 Å². The van der Waals surface area contributed by atoms with Gasteiger partial charge in [-0.3, -0.25) is 19.9 Å². The van der Waals surface area contributed by atoms with Gasteiger partial charge in [0, 0.05) is 90.1 Å². The summed E-state index contributed by atoms with van der Waals surface area (Å²) < 4.78 is 0. The lowest BCUT2D eigenvalue weighted by Crippen LogP contribution is -1.91. The fraction of sp³-hybridized carbons (Fsp3) is 0. The molecule has 0 aliphatic rings. The molecule has 0 unspecified atom stereocenters. The van der Waals surface area contributed by atoms with E-state index in [1.807, 2.05) is 49.1 Å². The predicted molar refractivity (Wildman–Crippen MR) is 475 cm³/mol. The van der Waals surface area contributed by atoms with Crippen LogP contribution < -0.4 is 0 Å². The monoisotopic (exact) mass is 1450 g/mol. The van der Waals surface area contributed by atoms with E-state index >= 15 is 0 Å². The second kappa shape index (κ2) is 26.2. The van der Waals surface area contributed by atoms with Crippen LogP contribution in [0.2, 0.25) is 0 Å². The van der Waals surface area contributed by atoms with Crippen molar-refractivity contribution in [2.45, 2.75) is 0 Å². The van der Waals surface area contributed by atoms with Gasteiger partial charge < -0.3 is 0 Å². The van der Waals surface area contributed by atoms with Gasteiger partial charge in [-0.25, -0.2) is 19.9 Å². The lowest BCUT2D eigenvalue weighted by Gasteiger charge is -2.15. The second-order valence-electron chi connectivity index (χ2n) is 29.7. The van der Waals surface area contributed by atoms with Gasteiger partial charge in [-0.2, -0.15) is 0 Å². The molecule has 0 saturated carbocycles. The molecule has 8 heterocycles. The quantitative estimate of drug-likeness (QED) is 0.139. The molecule has 0 saturated heterocycles. The molecule has 114 heavy (non-hydrogen) atoms. The highest BCUT2D eigenvalue weighted by Gasteiger charge is 2.19. The van der Waals surface area contributed by atoms with Gasteiger partial charge in [-0.15, -0.1) is 0 Å². The van der Waals surface area contributed by atoms with Crippen molar-refractivity contribution in [2.24, 2.45) is 0 Å². The minimum absolute atomic E-state index is 0.919. The van der Waals surface area contributed by atoms with Crippen LogP contribution in [0.1, 0.15) is 0 Å². The summed E-state index contributed by atoms with van der Waals surface area (Å²) in [7, 11) is 0. The smallest absolute Gasteiger partial charge is 0.0970 e. The van der Waals surface area contributed by atoms with Crippen LogP contribution in [-0.4, -0.2) is 39.9 Å². The summed E-state index contributed by atoms with van der Waals surface area (Å²) in [4.78, 5) is 39.3. The van der Waals surface area contributed by atoms with Crippen LogP contribution in [0.3, 0.4) is 0 Å². The van der Waals surface area contributed by atoms with Gasteiger partial charge in [0.25, 0.3) is 0 Å². The number of pyridine rings is 8. The first-order valence-corrected chi connectivity index (χ1v) is 38.5. The minimum atomic E-state index is 0.919. The number of aromatic nitrogens is 8. The predicted octanol–water partition coefficient (Wildman–Crippen LogP) is 27.5. The Bertz CT molecular complexity index is 8080. The molecule has 0 atom stereocenters. The summed E-state index contributed by atoms with van der Waals surface area (Å²) in [6.07, 6.45) is 7.33. The zero-order valence-corrected chi connectivity index (χ0v) is 61.4. The normalized spacial score (nSPS) is 11.9. The number of benzene rings is 16. The molecule has 8 aromatic heterocycles. The van der Waals surface area contributed by atoms with Crippen molar-refractivity contribution < 1.29 is 0 Å². The van der Waals surface area contributed by atoms with Crippen LogP contribution in [0.4, 0.5) is 0 Å². The number of rotatable bonds is 8. The van der Waals surface area contributed by atoms with Crippen LogP contribution in [0.15, 0.2) is 377 Å². The highest BCUT2D eigenvalue weighted by molar-refractivity contribution is 6.27. The Hall–Kier alpha value is -15.4. The maximum Gasteiger partial charge on any atom is 0.0970 e. The molecule has 0 N–H and O–H groups in total. The van der Waals surface area contributed by atoms with Crippen molar-refractivity contribution in [3.05, 3.63) is 377 Å². The molecule has 0 fully saturated rings. The van der Waals surface area contributed by atoms with Crippen molar-refractivity contribution >= 4 is 152 Å². The van der Waals surface area contributed by atoms with E-state index in [9.17, 15) is 0 Å². The molecule has 0 aliphatic carbocycles. The SMILES string of the molecule is c1cnc2c(c1)cc(-c1ccc(-c3ccc4ccc(-c5ccc6nc(-c7cc8cccc9ccc%10cccc7c%10c98)ccc6c5)cc4n3)cc1)c1cccnc12.c1cnc2c(c1)cc(-c1ccc(-c3ccc4ccc(-c5ccc6nc(-c7ccc8c9ccccc9c9ccccc9c8c7)ccc6c5)cc4n3)cc1)c1cccnc12. The van der Waals surface area contributed by atoms with Crippen LogP contribution in [0.5, 0.6) is 0 Å². The first-order valence-electron chi connectivity index (χ1n) is 38.5. The zero-order chi connectivity index (χ0) is 74.9. The molecule has 526 valence electrons. The summed E-state index contributed by atoms with van der Waals surface area (Å²) in [5.41, 5.74) is 24.9. The molecule has 0 spiro atoms. The van der Waals surface area contributed by atoms with Gasteiger partial charge in [-0.05, 0) is 218 Å². The molecule has 0 amide bonds. The third-order valence-electron chi connectivity index (χ3n) is 23.2. The summed E-state index contributed by atoms with van der Waals surface area (Å²) in [5.74, 6) is 0. The number of hydrogen-bond acceptors (Lipinski definition) is 8. The van der Waals surface area contributed by atoms with Crippen LogP contribution in [0.25, 0.3) is 241 Å². The first-order chi connectivity index (χ1) is 56.4. The Morgan fingerprint density at radius 1 is 0.149 bits per heavy atom. The fourth-order valence-electron chi connectivity index (χ4n) is 17.5. The zero-order valence-electron chi connectivity index (χ0n) is 61.4. The molecule has 0 radical (unpaired) electrons. The van der Waals surface area contributed by atoms with E-state index in [2.05, 4.69) is 338 Å². The molecule has 24 rings (SSSR count). The Kier molecular flexibility index (Phi) is 14.8. The minimum Gasteiger partial charge on any atom is -0.254 e. The van der Waals surface area contributed by atoms with Crippen molar-refractivity contribution in [3.8, 4) is 89.5 Å². The molecule has 8 heteroatoms. The van der Waals surface area contributed by atoms with Crippen molar-refractivity contribution in [1.29, 1.82) is 0 Å². The molecule has 0 bridgehead atoms. The van der Waals surface area contributed by atoms with Crippen LogP contribution in [-0.2, 0) is 0 Å². The van der Waals surface area contributed by atoms with E-state index in [0.717, 1.165) is 177 Å². The van der Waals surface area contributed by atoms with E-state index in [0.29, 0.717) is 0 Å². The average molecular weight is 1450 g/mol. The van der Waals surface area contributed by atoms with Gasteiger partial charge in [0.2, 0.25) is 0 Å². The van der Waals surface area contributed by atoms with Crippen LogP contribution in [0, 0.1) is 0 Å². The van der Waals surface area contributed by atoms with E-state index in [1.54, 1.807) is 0 Å². The van der Waals surface area contributed by atoms with E-state index in [-0.39, 0.29) is 0 Å². The lowest BCUT2D eigenvalue weighted by molar-refractivity contribution is 1.37. The van der Waals surface area contributed by atoms with Gasteiger partial charge in [0.1, 0.15) is 0 Å². The second-order valence-corrected chi connectivity index (χ2v) is 29.7. The Labute approximate surface area is 653 Å². The molecule has 0 aliphatic heterocycles. The Morgan fingerprint density at radius 2 is 0.500 bits per heavy atom. The summed E-state index contributed by atoms with van der Waals surface area (Å²) in [5, 5.41) is 24.0. The third kappa shape index (κ3) is 10.9. The number of hydrogen-bond donors (Lipinski definition) is 0. The molecular formula is C106H62N8. The molecule has 16 aromatic carbocycles. The summed E-state index contributed by atoms with van der Waals surface area (Å²) in [6.45, 7) is 0. The molecule has 8 nitrogen and oxygen atoms in total. The first kappa shape index (κ1) is 64.6. The maximum absolute atomic E-state index is 5.22. The van der Waals surface area contributed by atoms with E-state index in [4.69, 9.17) is 29.9 Å². The average Bonchev–Trinajstić information content (AvgIpc) is 0.327. The molecule has 24 aromatic rings. The lowest BCUT2D eigenvalue weighted by atomic mass is 9.90. The number of nitrogens with zero attached hydrogens (tertiary/aromatic N) is 8. The van der Waals surface area contributed by atoms with E-state index in [1.165, 1.54) is 64.6 Å². The van der Waals surface area contributed by atoms with Gasteiger partial charge in [-0.1, -0.05) is 243 Å². The van der Waals surface area contributed by atoms with Crippen molar-refractivity contribution in [2.75, 3.05) is 0 Å². The highest BCUT2D eigenvalue weighted by atomic mass is 14.8. The number of fused-ring (bicyclic) bond motifs is 16.